The summed E-state index contributed by atoms with van der Waals surface area (Å²) in [6.07, 6.45) is 0.343. The highest BCUT2D eigenvalue weighted by atomic mass is 19.1. The summed E-state index contributed by atoms with van der Waals surface area (Å²) in [5, 5.41) is 12.2. The van der Waals surface area contributed by atoms with Crippen molar-refractivity contribution >= 4 is 0 Å². The SMILES string of the molecule is [N-]=[N+]=NC(CCO)c1ccc(F)cc1. The van der Waals surface area contributed by atoms with E-state index in [0.717, 1.165) is 0 Å². The van der Waals surface area contributed by atoms with Crippen molar-refractivity contribution in [3.05, 3.63) is 46.1 Å². The zero-order chi connectivity index (χ0) is 10.4. The van der Waals surface area contributed by atoms with Gasteiger partial charge in [-0.3, -0.25) is 0 Å². The number of azide groups is 1. The lowest BCUT2D eigenvalue weighted by Gasteiger charge is -2.08. The van der Waals surface area contributed by atoms with Gasteiger partial charge in [-0.05, 0) is 29.6 Å². The van der Waals surface area contributed by atoms with Crippen LogP contribution < -0.4 is 0 Å². The van der Waals surface area contributed by atoms with Crippen molar-refractivity contribution in [2.75, 3.05) is 6.61 Å². The maximum Gasteiger partial charge on any atom is 0.123 e. The lowest BCUT2D eigenvalue weighted by molar-refractivity contribution is 0.276. The van der Waals surface area contributed by atoms with Crippen molar-refractivity contribution in [3.8, 4) is 0 Å². The summed E-state index contributed by atoms with van der Waals surface area (Å²) >= 11 is 0. The molecule has 1 rings (SSSR count). The topological polar surface area (TPSA) is 69.0 Å². The smallest absolute Gasteiger partial charge is 0.123 e. The third kappa shape index (κ3) is 2.73. The maximum atomic E-state index is 12.6. The molecule has 1 aromatic carbocycles. The van der Waals surface area contributed by atoms with E-state index >= 15 is 0 Å². The Hall–Kier alpha value is -1.58. The third-order valence-corrected chi connectivity index (χ3v) is 1.85. The number of hydrogen-bond acceptors (Lipinski definition) is 2. The first-order valence-electron chi connectivity index (χ1n) is 4.18. The number of aliphatic hydroxyl groups is 1. The lowest BCUT2D eigenvalue weighted by atomic mass is 10.1. The van der Waals surface area contributed by atoms with Crippen molar-refractivity contribution in [2.45, 2.75) is 12.5 Å². The summed E-state index contributed by atoms with van der Waals surface area (Å²) in [4.78, 5) is 2.67. The van der Waals surface area contributed by atoms with E-state index in [2.05, 4.69) is 10.0 Å². The van der Waals surface area contributed by atoms with Gasteiger partial charge in [0, 0.05) is 11.5 Å². The van der Waals surface area contributed by atoms with Gasteiger partial charge in [0.1, 0.15) is 5.82 Å². The molecule has 1 atom stereocenters. The predicted molar refractivity (Wildman–Crippen MR) is 50.0 cm³/mol. The highest BCUT2D eigenvalue weighted by molar-refractivity contribution is 5.19. The molecule has 0 spiro atoms. The Morgan fingerprint density at radius 1 is 1.43 bits per heavy atom. The van der Waals surface area contributed by atoms with E-state index in [9.17, 15) is 4.39 Å². The molecule has 1 aromatic rings. The van der Waals surface area contributed by atoms with Gasteiger partial charge >= 0.3 is 0 Å². The van der Waals surface area contributed by atoms with Crippen LogP contribution in [0.3, 0.4) is 0 Å². The van der Waals surface area contributed by atoms with Gasteiger partial charge in [0.25, 0.3) is 0 Å². The van der Waals surface area contributed by atoms with Crippen LogP contribution in [0.4, 0.5) is 4.39 Å². The molecule has 0 aliphatic rings. The Morgan fingerprint density at radius 3 is 2.57 bits per heavy atom. The van der Waals surface area contributed by atoms with Gasteiger partial charge < -0.3 is 5.11 Å². The standard InChI is InChI=1S/C9H10FN3O/c10-8-3-1-7(2-4-8)9(5-6-14)12-13-11/h1-4,9,14H,5-6H2. The minimum absolute atomic E-state index is 0.0684. The van der Waals surface area contributed by atoms with Crippen LogP contribution in [0.15, 0.2) is 29.4 Å². The zero-order valence-electron chi connectivity index (χ0n) is 7.47. The number of halogens is 1. The normalized spacial score (nSPS) is 11.9. The number of benzene rings is 1. The van der Waals surface area contributed by atoms with Gasteiger partial charge in [-0.2, -0.15) is 0 Å². The van der Waals surface area contributed by atoms with Crippen LogP contribution in [-0.2, 0) is 0 Å². The third-order valence-electron chi connectivity index (χ3n) is 1.85. The summed E-state index contributed by atoms with van der Waals surface area (Å²) in [5.74, 6) is -0.336. The van der Waals surface area contributed by atoms with Crippen molar-refractivity contribution in [1.29, 1.82) is 0 Å². The van der Waals surface area contributed by atoms with Crippen LogP contribution in [0, 0.1) is 5.82 Å². The van der Waals surface area contributed by atoms with E-state index in [0.29, 0.717) is 12.0 Å². The fourth-order valence-electron chi connectivity index (χ4n) is 1.16. The summed E-state index contributed by atoms with van der Waals surface area (Å²) in [5.41, 5.74) is 8.99. The molecule has 4 nitrogen and oxygen atoms in total. The molecule has 74 valence electrons. The molecule has 5 heteroatoms. The van der Waals surface area contributed by atoms with Crippen LogP contribution in [0.1, 0.15) is 18.0 Å². The van der Waals surface area contributed by atoms with E-state index in [1.165, 1.54) is 12.1 Å². The molecular weight excluding hydrogens is 185 g/mol. The Labute approximate surface area is 80.6 Å². The Kier molecular flexibility index (Phi) is 3.91. The molecule has 0 radical (unpaired) electrons. The second-order valence-electron chi connectivity index (χ2n) is 2.78. The van der Waals surface area contributed by atoms with Crippen molar-refractivity contribution in [1.82, 2.24) is 0 Å². The molecule has 0 aliphatic heterocycles. The minimum Gasteiger partial charge on any atom is -0.396 e. The van der Waals surface area contributed by atoms with E-state index in [1.54, 1.807) is 12.1 Å². The number of rotatable bonds is 4. The van der Waals surface area contributed by atoms with Crippen LogP contribution in [0.2, 0.25) is 0 Å². The second kappa shape index (κ2) is 5.21. The molecule has 0 fully saturated rings. The van der Waals surface area contributed by atoms with E-state index in [1.807, 2.05) is 0 Å². The van der Waals surface area contributed by atoms with Crippen molar-refractivity contribution in [3.63, 3.8) is 0 Å². The van der Waals surface area contributed by atoms with Crippen LogP contribution in [-0.4, -0.2) is 11.7 Å². The Bertz CT molecular complexity index is 332. The molecule has 0 bridgehead atoms. The van der Waals surface area contributed by atoms with Gasteiger partial charge in [-0.15, -0.1) is 0 Å². The monoisotopic (exact) mass is 195 g/mol. The average Bonchev–Trinajstić information content (AvgIpc) is 2.19. The molecule has 14 heavy (non-hydrogen) atoms. The molecule has 0 aromatic heterocycles. The van der Waals surface area contributed by atoms with E-state index < -0.39 is 6.04 Å². The number of nitrogens with zero attached hydrogens (tertiary/aromatic N) is 3. The average molecular weight is 195 g/mol. The van der Waals surface area contributed by atoms with E-state index in [4.69, 9.17) is 10.6 Å². The molecule has 1 N–H and O–H groups in total. The lowest BCUT2D eigenvalue weighted by Crippen LogP contribution is -1.97. The largest absolute Gasteiger partial charge is 0.396 e. The zero-order valence-corrected chi connectivity index (χ0v) is 7.47. The fraction of sp³-hybridized carbons (Fsp3) is 0.333. The van der Waals surface area contributed by atoms with Gasteiger partial charge in [0.05, 0.1) is 6.04 Å². The molecule has 0 heterocycles. The second-order valence-corrected chi connectivity index (χ2v) is 2.78. The summed E-state index contributed by atoms with van der Waals surface area (Å²) in [6, 6.07) is 5.26. The minimum atomic E-state index is -0.425. The number of aliphatic hydroxyl groups excluding tert-OH is 1. The van der Waals surface area contributed by atoms with Crippen molar-refractivity contribution < 1.29 is 9.50 Å². The Morgan fingerprint density at radius 2 is 2.07 bits per heavy atom. The molecular formula is C9H10FN3O. The van der Waals surface area contributed by atoms with Gasteiger partial charge in [-0.1, -0.05) is 17.2 Å². The highest BCUT2D eigenvalue weighted by Gasteiger charge is 2.08. The van der Waals surface area contributed by atoms with Crippen LogP contribution in [0.25, 0.3) is 10.4 Å². The molecule has 0 aliphatic carbocycles. The molecule has 0 amide bonds. The quantitative estimate of drug-likeness (QED) is 0.447. The molecule has 1 unspecified atom stereocenters. The first-order valence-corrected chi connectivity index (χ1v) is 4.18. The van der Waals surface area contributed by atoms with Crippen LogP contribution in [0.5, 0.6) is 0 Å². The van der Waals surface area contributed by atoms with Gasteiger partial charge in [0.2, 0.25) is 0 Å². The Balaban J connectivity index is 2.87. The molecule has 0 saturated carbocycles. The number of hydrogen-bond donors (Lipinski definition) is 1. The summed E-state index contributed by atoms with van der Waals surface area (Å²) < 4.78 is 12.6. The first-order chi connectivity index (χ1) is 6.77. The predicted octanol–water partition coefficient (Wildman–Crippen LogP) is 2.56. The maximum absolute atomic E-state index is 12.6. The molecule has 0 saturated heterocycles. The highest BCUT2D eigenvalue weighted by Crippen LogP contribution is 2.21. The fourth-order valence-corrected chi connectivity index (χ4v) is 1.16. The van der Waals surface area contributed by atoms with Gasteiger partial charge in [-0.25, -0.2) is 4.39 Å². The van der Waals surface area contributed by atoms with E-state index in [-0.39, 0.29) is 12.4 Å². The van der Waals surface area contributed by atoms with Crippen LogP contribution >= 0.6 is 0 Å². The summed E-state index contributed by atoms with van der Waals surface area (Å²) in [6.45, 7) is -0.0684. The summed E-state index contributed by atoms with van der Waals surface area (Å²) in [7, 11) is 0. The van der Waals surface area contributed by atoms with Crippen molar-refractivity contribution in [2.24, 2.45) is 5.11 Å². The van der Waals surface area contributed by atoms with Gasteiger partial charge in [0.15, 0.2) is 0 Å². The first kappa shape index (κ1) is 10.5.